The van der Waals surface area contributed by atoms with Gasteiger partial charge in [0.1, 0.15) is 17.9 Å². The normalized spacial score (nSPS) is 12.9. The maximum absolute atomic E-state index is 9.85. The number of amides is 1. The molecule has 2 aromatic heterocycles. The molecule has 0 spiro atoms. The van der Waals surface area contributed by atoms with Gasteiger partial charge in [-0.3, -0.25) is 4.79 Å². The second kappa shape index (κ2) is 13.4. The van der Waals surface area contributed by atoms with Gasteiger partial charge in [0.15, 0.2) is 0 Å². The van der Waals surface area contributed by atoms with Crippen molar-refractivity contribution in [1.82, 2.24) is 15.3 Å². The van der Waals surface area contributed by atoms with E-state index < -0.39 is 0 Å². The molecule has 1 fully saturated rings. The average Bonchev–Trinajstić information content (AvgIpc) is 3.68. The van der Waals surface area contributed by atoms with Crippen LogP contribution in [0.4, 0.5) is 11.5 Å². The number of hydrogen-bond donors (Lipinski definition) is 3. The van der Waals surface area contributed by atoms with Gasteiger partial charge in [0.05, 0.1) is 5.39 Å². The first-order chi connectivity index (χ1) is 19.8. The summed E-state index contributed by atoms with van der Waals surface area (Å²) in [4.78, 5) is 18.9. The van der Waals surface area contributed by atoms with Gasteiger partial charge in [-0.1, -0.05) is 85.6 Å². The summed E-state index contributed by atoms with van der Waals surface area (Å²) in [6, 6.07) is 29.4. The molecule has 0 atom stereocenters. The quantitative estimate of drug-likeness (QED) is 0.178. The van der Waals surface area contributed by atoms with Crippen molar-refractivity contribution in [3.05, 3.63) is 96.8 Å². The molecule has 1 amide bonds. The molecule has 5 aromatic rings. The Morgan fingerprint density at radius 1 is 0.875 bits per heavy atom. The molecule has 6 rings (SSSR count). The number of aromatic nitrogens is 2. The van der Waals surface area contributed by atoms with E-state index in [1.165, 1.54) is 31.2 Å². The van der Waals surface area contributed by atoms with Crippen molar-refractivity contribution in [3.63, 3.8) is 0 Å². The summed E-state index contributed by atoms with van der Waals surface area (Å²) in [5.74, 6) is 1.59. The lowest BCUT2D eigenvalue weighted by atomic mass is 9.99. The van der Waals surface area contributed by atoms with E-state index in [0.29, 0.717) is 11.8 Å². The summed E-state index contributed by atoms with van der Waals surface area (Å²) in [6.45, 7) is 0.755. The SMILES string of the molecule is CNc1ccc(CCNc2ncnc3oc(-c4ccccc4)c(-c4ccccc4)c23)cc1.O=CNC1CCCC1. The fraction of sp³-hybridized carbons (Fsp3) is 0.242. The Kier molecular flexibility index (Phi) is 9.04. The van der Waals surface area contributed by atoms with E-state index in [2.05, 4.69) is 74.4 Å². The van der Waals surface area contributed by atoms with Gasteiger partial charge in [-0.2, -0.15) is 0 Å². The van der Waals surface area contributed by atoms with Crippen molar-refractivity contribution >= 4 is 29.0 Å². The van der Waals surface area contributed by atoms with Crippen LogP contribution < -0.4 is 16.0 Å². The van der Waals surface area contributed by atoms with E-state index in [0.717, 1.165) is 58.7 Å². The molecule has 0 aliphatic heterocycles. The molecular weight excluding hydrogens is 498 g/mol. The van der Waals surface area contributed by atoms with Gasteiger partial charge >= 0.3 is 0 Å². The number of carbonyl (C=O) groups is 1. The van der Waals surface area contributed by atoms with E-state index >= 15 is 0 Å². The number of hydrogen-bond acceptors (Lipinski definition) is 6. The Morgan fingerprint density at radius 3 is 2.20 bits per heavy atom. The largest absolute Gasteiger partial charge is 0.437 e. The van der Waals surface area contributed by atoms with Crippen molar-refractivity contribution in [2.75, 3.05) is 24.2 Å². The van der Waals surface area contributed by atoms with E-state index in [-0.39, 0.29) is 0 Å². The molecule has 1 aliphatic rings. The Labute approximate surface area is 235 Å². The smallest absolute Gasteiger partial charge is 0.232 e. The van der Waals surface area contributed by atoms with Crippen LogP contribution >= 0.6 is 0 Å². The lowest BCUT2D eigenvalue weighted by molar-refractivity contribution is -0.110. The zero-order chi connectivity index (χ0) is 27.6. The van der Waals surface area contributed by atoms with Crippen LogP contribution in [0.15, 0.2) is 95.7 Å². The molecule has 7 heteroatoms. The average molecular weight is 534 g/mol. The molecule has 1 aliphatic carbocycles. The second-order valence-electron chi connectivity index (χ2n) is 9.83. The number of rotatable bonds is 9. The summed E-state index contributed by atoms with van der Waals surface area (Å²) < 4.78 is 6.27. The third-order valence-corrected chi connectivity index (χ3v) is 7.19. The minimum absolute atomic E-state index is 0.493. The van der Waals surface area contributed by atoms with E-state index in [9.17, 15) is 4.79 Å². The highest BCUT2D eigenvalue weighted by Crippen LogP contribution is 2.42. The van der Waals surface area contributed by atoms with E-state index in [4.69, 9.17) is 4.42 Å². The van der Waals surface area contributed by atoms with Crippen LogP contribution in [0.2, 0.25) is 0 Å². The summed E-state index contributed by atoms with van der Waals surface area (Å²) in [6.07, 6.45) is 8.17. The predicted octanol–water partition coefficient (Wildman–Crippen LogP) is 6.93. The highest BCUT2D eigenvalue weighted by atomic mass is 16.3. The van der Waals surface area contributed by atoms with Crippen LogP contribution in [0.3, 0.4) is 0 Å². The number of furan rings is 1. The minimum atomic E-state index is 0.493. The number of carbonyl (C=O) groups excluding carboxylic acids is 1. The highest BCUT2D eigenvalue weighted by molar-refractivity contribution is 6.05. The lowest BCUT2D eigenvalue weighted by Crippen LogP contribution is -2.23. The molecule has 40 heavy (non-hydrogen) atoms. The van der Waals surface area contributed by atoms with Crippen molar-refractivity contribution in [3.8, 4) is 22.5 Å². The van der Waals surface area contributed by atoms with Crippen molar-refractivity contribution in [1.29, 1.82) is 0 Å². The maximum atomic E-state index is 9.85. The third-order valence-electron chi connectivity index (χ3n) is 7.19. The number of fused-ring (bicyclic) bond motifs is 1. The highest BCUT2D eigenvalue weighted by Gasteiger charge is 2.21. The van der Waals surface area contributed by atoms with Gasteiger partial charge in [0, 0.05) is 36.4 Å². The summed E-state index contributed by atoms with van der Waals surface area (Å²) in [5, 5.41) is 10.3. The van der Waals surface area contributed by atoms with E-state index in [1.807, 2.05) is 43.4 Å². The topological polar surface area (TPSA) is 92.1 Å². The van der Waals surface area contributed by atoms with Crippen molar-refractivity contribution in [2.24, 2.45) is 0 Å². The van der Waals surface area contributed by atoms with Crippen LogP contribution in [-0.2, 0) is 11.2 Å². The molecule has 0 radical (unpaired) electrons. The predicted molar refractivity (Wildman–Crippen MR) is 162 cm³/mol. The summed E-state index contributed by atoms with van der Waals surface area (Å²) >= 11 is 0. The van der Waals surface area contributed by atoms with Gasteiger partial charge in [-0.15, -0.1) is 0 Å². The standard InChI is InChI=1S/C27H24N4O.C6H11NO/c1-28-22-14-12-19(13-15-22)16-17-29-26-24-23(20-8-4-2-5-9-20)25(21-10-6-3-7-11-21)32-27(24)31-18-30-26;8-5-7-6-3-1-2-4-6/h2-15,18,28H,16-17H2,1H3,(H,29,30,31);5-6H,1-4H2,(H,7,8). The Balaban J connectivity index is 0.000000348. The summed E-state index contributed by atoms with van der Waals surface area (Å²) in [5.41, 5.74) is 6.05. The number of benzene rings is 3. The monoisotopic (exact) mass is 533 g/mol. The van der Waals surface area contributed by atoms with Gasteiger partial charge in [0.2, 0.25) is 12.1 Å². The molecule has 0 saturated heterocycles. The zero-order valence-corrected chi connectivity index (χ0v) is 22.8. The first-order valence-corrected chi connectivity index (χ1v) is 13.9. The maximum Gasteiger partial charge on any atom is 0.232 e. The van der Waals surface area contributed by atoms with Crippen LogP contribution in [0.25, 0.3) is 33.6 Å². The van der Waals surface area contributed by atoms with E-state index in [1.54, 1.807) is 6.33 Å². The van der Waals surface area contributed by atoms with Crippen LogP contribution in [-0.4, -0.2) is 36.0 Å². The minimum Gasteiger partial charge on any atom is -0.437 e. The number of nitrogens with zero attached hydrogens (tertiary/aromatic N) is 2. The third kappa shape index (κ3) is 6.49. The first kappa shape index (κ1) is 26.9. The molecule has 204 valence electrons. The van der Waals surface area contributed by atoms with Gasteiger partial charge < -0.3 is 20.4 Å². The molecular formula is C33H35N5O2. The van der Waals surface area contributed by atoms with Gasteiger partial charge in [-0.05, 0) is 42.5 Å². The van der Waals surface area contributed by atoms with Crippen molar-refractivity contribution in [2.45, 2.75) is 38.1 Å². The zero-order valence-electron chi connectivity index (χ0n) is 22.8. The second-order valence-corrected chi connectivity index (χ2v) is 9.83. The summed E-state index contributed by atoms with van der Waals surface area (Å²) in [7, 11) is 1.93. The molecule has 1 saturated carbocycles. The molecule has 0 unspecified atom stereocenters. The molecule has 7 nitrogen and oxygen atoms in total. The Bertz CT molecular complexity index is 1500. The lowest BCUT2D eigenvalue weighted by Gasteiger charge is -2.09. The first-order valence-electron chi connectivity index (χ1n) is 13.9. The van der Waals surface area contributed by atoms with Crippen LogP contribution in [0, 0.1) is 0 Å². The fourth-order valence-electron chi connectivity index (χ4n) is 5.09. The molecule has 3 N–H and O–H groups in total. The van der Waals surface area contributed by atoms with Crippen molar-refractivity contribution < 1.29 is 9.21 Å². The van der Waals surface area contributed by atoms with Gasteiger partial charge in [-0.25, -0.2) is 9.97 Å². The molecule has 3 aromatic carbocycles. The van der Waals surface area contributed by atoms with Crippen LogP contribution in [0.5, 0.6) is 0 Å². The number of nitrogens with one attached hydrogen (secondary N) is 3. The van der Waals surface area contributed by atoms with Crippen LogP contribution in [0.1, 0.15) is 31.2 Å². The fourth-order valence-corrected chi connectivity index (χ4v) is 5.09. The van der Waals surface area contributed by atoms with Gasteiger partial charge in [0.25, 0.3) is 0 Å². The molecule has 2 heterocycles. The Morgan fingerprint density at radius 2 is 1.55 bits per heavy atom. The number of anilines is 2. The Hall–Kier alpha value is -4.65. The molecule has 0 bridgehead atoms.